The van der Waals surface area contributed by atoms with Gasteiger partial charge in [0, 0.05) is 34.2 Å². The van der Waals surface area contributed by atoms with Crippen LogP contribution in [0.2, 0.25) is 0 Å². The van der Waals surface area contributed by atoms with Crippen molar-refractivity contribution in [3.05, 3.63) is 46.8 Å². The molecule has 0 amide bonds. The third-order valence-corrected chi connectivity index (χ3v) is 2.38. The van der Waals surface area contributed by atoms with E-state index in [9.17, 15) is 4.79 Å². The predicted molar refractivity (Wildman–Crippen MR) is 60.6 cm³/mol. The van der Waals surface area contributed by atoms with Crippen molar-refractivity contribution in [1.82, 2.24) is 9.97 Å². The molecule has 0 saturated carbocycles. The van der Waals surface area contributed by atoms with Gasteiger partial charge in [-0.15, -0.1) is 0 Å². The van der Waals surface area contributed by atoms with Gasteiger partial charge in [0.05, 0.1) is 5.69 Å². The lowest BCUT2D eigenvalue weighted by Gasteiger charge is -2.03. The Balaban J connectivity index is 2.58. The Labute approximate surface area is 95.3 Å². The largest absolute Gasteiger partial charge is 0.298 e. The van der Waals surface area contributed by atoms with Crippen LogP contribution in [-0.2, 0) is 0 Å². The number of aromatic nitrogens is 2. The lowest BCUT2D eigenvalue weighted by molar-refractivity contribution is 0.112. The van der Waals surface area contributed by atoms with Gasteiger partial charge in [0.15, 0.2) is 6.29 Å². The zero-order valence-corrected chi connectivity index (χ0v) is 9.31. The summed E-state index contributed by atoms with van der Waals surface area (Å²) in [6.07, 6.45) is 5.82. The van der Waals surface area contributed by atoms with Gasteiger partial charge in [-0.3, -0.25) is 14.8 Å². The minimum Gasteiger partial charge on any atom is -0.298 e. The van der Waals surface area contributed by atoms with Crippen molar-refractivity contribution < 1.29 is 4.79 Å². The molecule has 0 fully saturated rings. The number of pyridine rings is 2. The van der Waals surface area contributed by atoms with Crippen molar-refractivity contribution in [3.8, 4) is 11.3 Å². The predicted octanol–water partition coefficient (Wildman–Crippen LogP) is 2.72. The van der Waals surface area contributed by atoms with Crippen LogP contribution in [0.25, 0.3) is 11.3 Å². The quantitative estimate of drug-likeness (QED) is 0.782. The average molecular weight is 263 g/mol. The molecule has 74 valence electrons. The van der Waals surface area contributed by atoms with Crippen LogP contribution in [0.3, 0.4) is 0 Å². The Bertz CT molecular complexity index is 485. The number of carbonyl (C=O) groups is 1. The third kappa shape index (κ3) is 2.10. The van der Waals surface area contributed by atoms with Gasteiger partial charge >= 0.3 is 0 Å². The first-order valence-electron chi connectivity index (χ1n) is 4.32. The van der Waals surface area contributed by atoms with E-state index < -0.39 is 0 Å². The Morgan fingerprint density at radius 3 is 2.87 bits per heavy atom. The number of carbonyl (C=O) groups excluding carboxylic acids is 1. The molecule has 4 heteroatoms. The van der Waals surface area contributed by atoms with Crippen LogP contribution in [0, 0.1) is 0 Å². The van der Waals surface area contributed by atoms with Crippen LogP contribution in [0.5, 0.6) is 0 Å². The summed E-state index contributed by atoms with van der Waals surface area (Å²) in [6.45, 7) is 0. The summed E-state index contributed by atoms with van der Waals surface area (Å²) in [7, 11) is 0. The first-order valence-corrected chi connectivity index (χ1v) is 5.11. The average Bonchev–Trinajstić information content (AvgIpc) is 2.30. The molecule has 0 saturated heterocycles. The number of hydrogen-bond acceptors (Lipinski definition) is 3. The Hall–Kier alpha value is -1.55. The fourth-order valence-electron chi connectivity index (χ4n) is 1.29. The van der Waals surface area contributed by atoms with Crippen molar-refractivity contribution in [3.63, 3.8) is 0 Å². The SMILES string of the molecule is O=Cc1cc(Br)cnc1-c1cccnc1. The Kier molecular flexibility index (Phi) is 2.87. The van der Waals surface area contributed by atoms with Gasteiger partial charge in [-0.25, -0.2) is 0 Å². The minimum atomic E-state index is 0.553. The topological polar surface area (TPSA) is 42.9 Å². The second-order valence-corrected chi connectivity index (χ2v) is 3.87. The lowest BCUT2D eigenvalue weighted by atomic mass is 10.1. The van der Waals surface area contributed by atoms with E-state index in [0.717, 1.165) is 16.3 Å². The molecule has 0 unspecified atom stereocenters. The van der Waals surface area contributed by atoms with E-state index >= 15 is 0 Å². The van der Waals surface area contributed by atoms with Crippen molar-refractivity contribution in [1.29, 1.82) is 0 Å². The maximum absolute atomic E-state index is 10.9. The van der Waals surface area contributed by atoms with Crippen LogP contribution in [0.15, 0.2) is 41.3 Å². The summed E-state index contributed by atoms with van der Waals surface area (Å²) < 4.78 is 0.789. The maximum atomic E-state index is 10.9. The fraction of sp³-hybridized carbons (Fsp3) is 0. The van der Waals surface area contributed by atoms with Crippen LogP contribution >= 0.6 is 15.9 Å². The molecule has 0 atom stereocenters. The molecule has 2 heterocycles. The van der Waals surface area contributed by atoms with E-state index in [1.165, 1.54) is 0 Å². The third-order valence-electron chi connectivity index (χ3n) is 1.95. The smallest absolute Gasteiger partial charge is 0.152 e. The highest BCUT2D eigenvalue weighted by atomic mass is 79.9. The van der Waals surface area contributed by atoms with E-state index in [0.29, 0.717) is 11.3 Å². The number of hydrogen-bond donors (Lipinski definition) is 0. The molecular weight excluding hydrogens is 256 g/mol. The van der Waals surface area contributed by atoms with Gasteiger partial charge in [0.2, 0.25) is 0 Å². The van der Waals surface area contributed by atoms with E-state index in [4.69, 9.17) is 0 Å². The Morgan fingerprint density at radius 1 is 1.33 bits per heavy atom. The summed E-state index contributed by atoms with van der Waals surface area (Å²) in [5.41, 5.74) is 2.05. The molecular formula is C11H7BrN2O. The molecule has 2 aromatic rings. The highest BCUT2D eigenvalue weighted by Gasteiger charge is 2.06. The summed E-state index contributed by atoms with van der Waals surface area (Å²) in [6, 6.07) is 5.42. The minimum absolute atomic E-state index is 0.553. The normalized spacial score (nSPS) is 9.93. The van der Waals surface area contributed by atoms with Gasteiger partial charge < -0.3 is 0 Å². The first kappa shape index (κ1) is 9.98. The van der Waals surface area contributed by atoms with E-state index in [2.05, 4.69) is 25.9 Å². The number of halogens is 1. The van der Waals surface area contributed by atoms with E-state index in [1.54, 1.807) is 24.7 Å². The fourth-order valence-corrected chi connectivity index (χ4v) is 1.64. The summed E-state index contributed by atoms with van der Waals surface area (Å²) in [5, 5.41) is 0. The molecule has 0 aliphatic rings. The molecule has 0 aliphatic carbocycles. The van der Waals surface area contributed by atoms with Crippen molar-refractivity contribution in [2.75, 3.05) is 0 Å². The summed E-state index contributed by atoms with van der Waals surface area (Å²) in [5.74, 6) is 0. The maximum Gasteiger partial charge on any atom is 0.152 e. The highest BCUT2D eigenvalue weighted by molar-refractivity contribution is 9.10. The molecule has 2 rings (SSSR count). The van der Waals surface area contributed by atoms with Gasteiger partial charge in [-0.1, -0.05) is 0 Å². The molecule has 2 aromatic heterocycles. The van der Waals surface area contributed by atoms with Gasteiger partial charge in [0.1, 0.15) is 0 Å². The molecule has 0 spiro atoms. The molecule has 0 bridgehead atoms. The second kappa shape index (κ2) is 4.31. The lowest BCUT2D eigenvalue weighted by Crippen LogP contribution is -1.92. The zero-order valence-electron chi connectivity index (χ0n) is 7.72. The molecule has 0 N–H and O–H groups in total. The standard InChI is InChI=1S/C11H7BrN2O/c12-10-4-9(7-15)11(14-6-10)8-2-1-3-13-5-8/h1-7H. The van der Waals surface area contributed by atoms with Crippen molar-refractivity contribution in [2.24, 2.45) is 0 Å². The molecule has 0 aliphatic heterocycles. The van der Waals surface area contributed by atoms with E-state index in [1.807, 2.05) is 12.1 Å². The van der Waals surface area contributed by atoms with Gasteiger partial charge in [-0.05, 0) is 34.1 Å². The van der Waals surface area contributed by atoms with Crippen molar-refractivity contribution in [2.45, 2.75) is 0 Å². The van der Waals surface area contributed by atoms with Crippen LogP contribution in [0.4, 0.5) is 0 Å². The van der Waals surface area contributed by atoms with Crippen LogP contribution in [-0.4, -0.2) is 16.3 Å². The molecule has 0 radical (unpaired) electrons. The highest BCUT2D eigenvalue weighted by Crippen LogP contribution is 2.21. The van der Waals surface area contributed by atoms with Gasteiger partial charge in [-0.2, -0.15) is 0 Å². The van der Waals surface area contributed by atoms with Gasteiger partial charge in [0.25, 0.3) is 0 Å². The number of aldehydes is 1. The molecule has 3 nitrogen and oxygen atoms in total. The van der Waals surface area contributed by atoms with Crippen LogP contribution < -0.4 is 0 Å². The molecule has 0 aromatic carbocycles. The van der Waals surface area contributed by atoms with E-state index in [-0.39, 0.29) is 0 Å². The van der Waals surface area contributed by atoms with Crippen LogP contribution in [0.1, 0.15) is 10.4 Å². The zero-order chi connectivity index (χ0) is 10.7. The summed E-state index contributed by atoms with van der Waals surface area (Å²) in [4.78, 5) is 19.1. The Morgan fingerprint density at radius 2 is 2.20 bits per heavy atom. The monoisotopic (exact) mass is 262 g/mol. The first-order chi connectivity index (χ1) is 7.31. The second-order valence-electron chi connectivity index (χ2n) is 2.95. The number of rotatable bonds is 2. The van der Waals surface area contributed by atoms with Crippen molar-refractivity contribution >= 4 is 22.2 Å². The number of nitrogens with zero attached hydrogens (tertiary/aromatic N) is 2. The molecule has 15 heavy (non-hydrogen) atoms. The summed E-state index contributed by atoms with van der Waals surface area (Å²) >= 11 is 3.27.